The minimum absolute atomic E-state index is 0.0871. The van der Waals surface area contributed by atoms with Crippen LogP contribution >= 0.6 is 0 Å². The summed E-state index contributed by atoms with van der Waals surface area (Å²) in [6.45, 7) is 1.07. The molecule has 0 saturated carbocycles. The molecule has 0 unspecified atom stereocenters. The Morgan fingerprint density at radius 3 is 2.94 bits per heavy atom. The number of benzene rings is 1. The molecular formula is C12H17FN2O2S. The number of hydrogen-bond donors (Lipinski definition) is 1. The van der Waals surface area contributed by atoms with Crippen LogP contribution in [0.5, 0.6) is 0 Å². The third kappa shape index (κ3) is 2.64. The molecule has 0 bridgehead atoms. The third-order valence-corrected chi connectivity index (χ3v) is 4.92. The highest BCUT2D eigenvalue weighted by molar-refractivity contribution is 7.92. The third-order valence-electron chi connectivity index (χ3n) is 3.07. The minimum atomic E-state index is -3.34. The van der Waals surface area contributed by atoms with Crippen molar-refractivity contribution >= 4 is 15.7 Å². The van der Waals surface area contributed by atoms with E-state index in [9.17, 15) is 12.8 Å². The van der Waals surface area contributed by atoms with Crippen molar-refractivity contribution in [3.63, 3.8) is 0 Å². The first kappa shape index (κ1) is 13.3. The van der Waals surface area contributed by atoms with Gasteiger partial charge in [0.1, 0.15) is 5.82 Å². The molecule has 1 heterocycles. The van der Waals surface area contributed by atoms with Crippen molar-refractivity contribution in [2.75, 3.05) is 30.2 Å². The summed E-state index contributed by atoms with van der Waals surface area (Å²) in [7, 11) is -1.55. The lowest BCUT2D eigenvalue weighted by atomic mass is 10.2. The summed E-state index contributed by atoms with van der Waals surface area (Å²) in [5.41, 5.74) is 1.40. The van der Waals surface area contributed by atoms with Crippen molar-refractivity contribution in [2.45, 2.75) is 12.8 Å². The van der Waals surface area contributed by atoms with E-state index in [1.165, 1.54) is 16.4 Å². The first-order valence-electron chi connectivity index (χ1n) is 5.98. The second-order valence-corrected chi connectivity index (χ2v) is 6.38. The Morgan fingerprint density at radius 1 is 1.44 bits per heavy atom. The summed E-state index contributed by atoms with van der Waals surface area (Å²) < 4.78 is 38.8. The van der Waals surface area contributed by atoms with Crippen LogP contribution in [0.2, 0.25) is 0 Å². The van der Waals surface area contributed by atoms with E-state index in [1.807, 2.05) is 0 Å². The number of nitrogens with zero attached hydrogens (tertiary/aromatic N) is 1. The number of nitrogens with one attached hydrogen (secondary N) is 1. The Morgan fingerprint density at radius 2 is 2.22 bits per heavy atom. The minimum Gasteiger partial charge on any atom is -0.320 e. The molecule has 6 heteroatoms. The average Bonchev–Trinajstić information content (AvgIpc) is 2.72. The summed E-state index contributed by atoms with van der Waals surface area (Å²) in [6.07, 6.45) is 1.21. The van der Waals surface area contributed by atoms with Crippen LogP contribution in [0.4, 0.5) is 10.1 Å². The Balaban J connectivity index is 2.19. The number of hydrogen-bond acceptors (Lipinski definition) is 3. The molecule has 1 aromatic carbocycles. The van der Waals surface area contributed by atoms with Crippen molar-refractivity contribution in [3.8, 4) is 0 Å². The van der Waals surface area contributed by atoms with Gasteiger partial charge in [-0.15, -0.1) is 0 Å². The molecule has 1 aromatic rings. The van der Waals surface area contributed by atoms with E-state index >= 15 is 0 Å². The van der Waals surface area contributed by atoms with Crippen LogP contribution in [0, 0.1) is 5.82 Å². The summed E-state index contributed by atoms with van der Waals surface area (Å²) in [5, 5.41) is 2.92. The predicted octanol–water partition coefficient (Wildman–Crippen LogP) is 1.13. The van der Waals surface area contributed by atoms with Crippen LogP contribution in [-0.4, -0.2) is 34.3 Å². The molecule has 0 atom stereocenters. The standard InChI is InChI=1S/C12H17FN2O2S/c1-14-6-2-8-18(16,17)15-7-5-10-3-4-11(13)9-12(10)15/h3-4,9,14H,2,5-8H2,1H3. The molecule has 0 aliphatic carbocycles. The van der Waals surface area contributed by atoms with Gasteiger partial charge in [-0.1, -0.05) is 6.07 Å². The molecule has 0 aromatic heterocycles. The zero-order chi connectivity index (χ0) is 13.2. The van der Waals surface area contributed by atoms with E-state index in [2.05, 4.69) is 5.32 Å². The fraction of sp³-hybridized carbons (Fsp3) is 0.500. The summed E-state index contributed by atoms with van der Waals surface area (Å²) in [5.74, 6) is -0.310. The number of sulfonamides is 1. The van der Waals surface area contributed by atoms with Gasteiger partial charge in [-0.05, 0) is 44.1 Å². The van der Waals surface area contributed by atoms with Crippen LogP contribution in [0.15, 0.2) is 18.2 Å². The van der Waals surface area contributed by atoms with Gasteiger partial charge in [-0.2, -0.15) is 0 Å². The van der Waals surface area contributed by atoms with Crippen LogP contribution < -0.4 is 9.62 Å². The molecule has 4 nitrogen and oxygen atoms in total. The highest BCUT2D eigenvalue weighted by atomic mass is 32.2. The van der Waals surface area contributed by atoms with Crippen molar-refractivity contribution in [1.82, 2.24) is 5.32 Å². The Bertz CT molecular complexity index is 531. The molecular weight excluding hydrogens is 255 g/mol. The van der Waals surface area contributed by atoms with Crippen molar-refractivity contribution < 1.29 is 12.8 Å². The normalized spacial score (nSPS) is 14.9. The number of fused-ring (bicyclic) bond motifs is 1. The summed E-state index contributed by atoms with van der Waals surface area (Å²) in [4.78, 5) is 0. The van der Waals surface area contributed by atoms with Crippen LogP contribution in [-0.2, 0) is 16.4 Å². The van der Waals surface area contributed by atoms with E-state index in [0.29, 0.717) is 31.6 Å². The first-order valence-corrected chi connectivity index (χ1v) is 7.59. The Kier molecular flexibility index (Phi) is 3.87. The van der Waals surface area contributed by atoms with E-state index in [-0.39, 0.29) is 5.75 Å². The first-order chi connectivity index (χ1) is 8.54. The predicted molar refractivity (Wildman–Crippen MR) is 69.8 cm³/mol. The summed E-state index contributed by atoms with van der Waals surface area (Å²) in [6, 6.07) is 4.34. The van der Waals surface area contributed by atoms with E-state index in [1.54, 1.807) is 13.1 Å². The van der Waals surface area contributed by atoms with Gasteiger partial charge in [0.05, 0.1) is 11.4 Å². The number of anilines is 1. The fourth-order valence-corrected chi connectivity index (χ4v) is 3.72. The zero-order valence-corrected chi connectivity index (χ0v) is 11.1. The van der Waals surface area contributed by atoms with Gasteiger partial charge in [-0.3, -0.25) is 4.31 Å². The second kappa shape index (κ2) is 5.24. The van der Waals surface area contributed by atoms with Crippen molar-refractivity contribution in [1.29, 1.82) is 0 Å². The lowest BCUT2D eigenvalue weighted by Crippen LogP contribution is -2.32. The van der Waals surface area contributed by atoms with Gasteiger partial charge in [-0.25, -0.2) is 12.8 Å². The summed E-state index contributed by atoms with van der Waals surface area (Å²) >= 11 is 0. The topological polar surface area (TPSA) is 49.4 Å². The van der Waals surface area contributed by atoms with Crippen molar-refractivity contribution in [2.24, 2.45) is 0 Å². The molecule has 1 aliphatic rings. The van der Waals surface area contributed by atoms with Gasteiger partial charge < -0.3 is 5.32 Å². The SMILES string of the molecule is CNCCCS(=O)(=O)N1CCc2ccc(F)cc21. The quantitative estimate of drug-likeness (QED) is 0.817. The Hall–Kier alpha value is -1.14. The van der Waals surface area contributed by atoms with Gasteiger partial charge in [0, 0.05) is 6.54 Å². The van der Waals surface area contributed by atoms with Crippen LogP contribution in [0.25, 0.3) is 0 Å². The highest BCUT2D eigenvalue weighted by Crippen LogP contribution is 2.31. The van der Waals surface area contributed by atoms with Gasteiger partial charge in [0.15, 0.2) is 0 Å². The zero-order valence-electron chi connectivity index (χ0n) is 10.3. The average molecular weight is 272 g/mol. The Labute approximate surface area is 107 Å². The molecule has 0 radical (unpaired) electrons. The molecule has 1 N–H and O–H groups in total. The highest BCUT2D eigenvalue weighted by Gasteiger charge is 2.29. The van der Waals surface area contributed by atoms with Crippen LogP contribution in [0.3, 0.4) is 0 Å². The number of halogens is 1. The number of rotatable bonds is 5. The maximum Gasteiger partial charge on any atom is 0.235 e. The molecule has 18 heavy (non-hydrogen) atoms. The smallest absolute Gasteiger partial charge is 0.235 e. The molecule has 0 amide bonds. The lowest BCUT2D eigenvalue weighted by molar-refractivity contribution is 0.588. The molecule has 0 saturated heterocycles. The van der Waals surface area contributed by atoms with Gasteiger partial charge >= 0.3 is 0 Å². The molecule has 0 spiro atoms. The lowest BCUT2D eigenvalue weighted by Gasteiger charge is -2.19. The van der Waals surface area contributed by atoms with Crippen molar-refractivity contribution in [3.05, 3.63) is 29.6 Å². The monoisotopic (exact) mass is 272 g/mol. The molecule has 1 aliphatic heterocycles. The fourth-order valence-electron chi connectivity index (χ4n) is 2.15. The largest absolute Gasteiger partial charge is 0.320 e. The van der Waals surface area contributed by atoms with E-state index in [0.717, 1.165) is 5.56 Å². The maximum absolute atomic E-state index is 13.2. The van der Waals surface area contributed by atoms with Crippen LogP contribution in [0.1, 0.15) is 12.0 Å². The van der Waals surface area contributed by atoms with Gasteiger partial charge in [0.25, 0.3) is 0 Å². The van der Waals surface area contributed by atoms with E-state index in [4.69, 9.17) is 0 Å². The van der Waals surface area contributed by atoms with Gasteiger partial charge in [0.2, 0.25) is 10.0 Å². The molecule has 2 rings (SSSR count). The van der Waals surface area contributed by atoms with E-state index < -0.39 is 15.8 Å². The molecule has 100 valence electrons. The second-order valence-electron chi connectivity index (χ2n) is 4.37. The maximum atomic E-state index is 13.2. The molecule has 0 fully saturated rings.